The van der Waals surface area contributed by atoms with Gasteiger partial charge in [0.25, 0.3) is 0 Å². The lowest BCUT2D eigenvalue weighted by Crippen LogP contribution is -2.30. The highest BCUT2D eigenvalue weighted by Crippen LogP contribution is 2.25. The summed E-state index contributed by atoms with van der Waals surface area (Å²) in [6.45, 7) is 1.97. The summed E-state index contributed by atoms with van der Waals surface area (Å²) in [6, 6.07) is 11.5. The third-order valence-corrected chi connectivity index (χ3v) is 5.82. The molecule has 0 atom stereocenters. The summed E-state index contributed by atoms with van der Waals surface area (Å²) < 4.78 is 10.1. The van der Waals surface area contributed by atoms with E-state index in [4.69, 9.17) is 1.37 Å². The number of aryl methyl sites for hydroxylation is 1. The van der Waals surface area contributed by atoms with Crippen LogP contribution in [0.5, 0.6) is 0 Å². The zero-order chi connectivity index (χ0) is 22.1. The Bertz CT molecular complexity index is 1290. The molecular weight excluding hydrogens is 386 g/mol. The fraction of sp³-hybridized carbons (Fsp3) is 0.280. The molecule has 0 bridgehead atoms. The van der Waals surface area contributed by atoms with Crippen molar-refractivity contribution in [2.45, 2.75) is 25.7 Å². The highest BCUT2D eigenvalue weighted by atomic mass is 16.1. The number of Topliss-reactive ketones (excluding diaryl/α,β-unsaturated/α-hetero) is 1. The predicted molar refractivity (Wildman–Crippen MR) is 122 cm³/mol. The third kappa shape index (κ3) is 4.19. The Labute approximate surface area is 183 Å². The number of fused-ring (bicyclic) bond motifs is 1. The molecule has 0 spiro atoms. The molecule has 156 valence electrons. The van der Waals surface area contributed by atoms with Crippen LogP contribution in [-0.4, -0.2) is 38.6 Å². The first-order valence-corrected chi connectivity index (χ1v) is 10.7. The minimum Gasteiger partial charge on any atom is -0.357 e. The summed E-state index contributed by atoms with van der Waals surface area (Å²) in [7, 11) is 1.88. The highest BCUT2D eigenvalue weighted by Gasteiger charge is 2.15. The molecule has 31 heavy (non-hydrogen) atoms. The van der Waals surface area contributed by atoms with Crippen molar-refractivity contribution in [3.05, 3.63) is 72.4 Å². The molecule has 1 aromatic carbocycles. The van der Waals surface area contributed by atoms with Crippen molar-refractivity contribution in [2.75, 3.05) is 18.0 Å². The van der Waals surface area contributed by atoms with E-state index in [0.29, 0.717) is 11.3 Å². The van der Waals surface area contributed by atoms with Crippen LogP contribution < -0.4 is 4.90 Å². The van der Waals surface area contributed by atoms with Crippen LogP contribution in [-0.2, 0) is 13.5 Å². The van der Waals surface area contributed by atoms with Gasteiger partial charge in [-0.05, 0) is 54.5 Å². The summed E-state index contributed by atoms with van der Waals surface area (Å²) in [5.74, 6) is 0.852. The Balaban J connectivity index is 1.41. The molecule has 4 aromatic rings. The lowest BCUT2D eigenvalue weighted by Gasteiger charge is -2.27. The van der Waals surface area contributed by atoms with Gasteiger partial charge in [0.1, 0.15) is 5.82 Å². The lowest BCUT2D eigenvalue weighted by atomic mass is 10.0. The first kappa shape index (κ1) is 18.2. The molecule has 0 amide bonds. The maximum absolute atomic E-state index is 13.0. The third-order valence-electron chi connectivity index (χ3n) is 5.82. The molecule has 1 aliphatic rings. The quantitative estimate of drug-likeness (QED) is 0.453. The van der Waals surface area contributed by atoms with Crippen LogP contribution in [0.1, 0.15) is 36.7 Å². The summed E-state index contributed by atoms with van der Waals surface area (Å²) in [6.07, 6.45) is 9.40. The molecule has 5 rings (SSSR count). The number of pyridine rings is 2. The van der Waals surface area contributed by atoms with E-state index in [1.807, 2.05) is 49.8 Å². The normalized spacial score (nSPS) is 14.6. The second-order valence-electron chi connectivity index (χ2n) is 8.11. The van der Waals surface area contributed by atoms with Gasteiger partial charge in [-0.1, -0.05) is 12.1 Å². The van der Waals surface area contributed by atoms with Gasteiger partial charge in [0.05, 0.1) is 14.0 Å². The number of carbonyl (C=O) groups is 1. The first-order chi connectivity index (χ1) is 15.6. The topological polar surface area (TPSA) is 63.9 Å². The van der Waals surface area contributed by atoms with E-state index >= 15 is 0 Å². The number of piperidine rings is 1. The van der Waals surface area contributed by atoms with Gasteiger partial charge in [-0.2, -0.15) is 5.10 Å². The van der Waals surface area contributed by atoms with E-state index in [-0.39, 0.29) is 18.4 Å². The molecule has 1 saturated heterocycles. The van der Waals surface area contributed by atoms with E-state index in [2.05, 4.69) is 20.0 Å². The number of ketones is 1. The van der Waals surface area contributed by atoms with Crippen molar-refractivity contribution in [1.29, 1.82) is 0 Å². The van der Waals surface area contributed by atoms with Gasteiger partial charge in [0.15, 0.2) is 5.78 Å². The molecule has 0 radical (unpaired) electrons. The van der Waals surface area contributed by atoms with Gasteiger partial charge in [0.2, 0.25) is 0 Å². The summed E-state index contributed by atoms with van der Waals surface area (Å²) in [4.78, 5) is 24.1. The SMILES string of the molecule is [2H]c1nc(CC(=O)c2ccnc(N3CCCCC3)c2)cc2cc(-c3cnn(C)c3)ccc12. The minimum absolute atomic E-state index is 0.0136. The molecule has 0 saturated carbocycles. The highest BCUT2D eigenvalue weighted by molar-refractivity contribution is 5.98. The molecule has 6 heteroatoms. The van der Waals surface area contributed by atoms with Gasteiger partial charge in [0, 0.05) is 60.9 Å². The van der Waals surface area contributed by atoms with Crippen LogP contribution in [0.25, 0.3) is 21.9 Å². The molecule has 1 fully saturated rings. The summed E-state index contributed by atoms with van der Waals surface area (Å²) in [5.41, 5.74) is 3.27. The largest absolute Gasteiger partial charge is 0.357 e. The van der Waals surface area contributed by atoms with Crippen LogP contribution >= 0.6 is 0 Å². The molecule has 0 aliphatic carbocycles. The summed E-state index contributed by atoms with van der Waals surface area (Å²) in [5, 5.41) is 5.91. The van der Waals surface area contributed by atoms with Crippen LogP contribution in [0, 0.1) is 0 Å². The minimum atomic E-state index is -0.0136. The Morgan fingerprint density at radius 3 is 2.71 bits per heavy atom. The number of anilines is 1. The van der Waals surface area contributed by atoms with E-state index in [9.17, 15) is 4.79 Å². The van der Waals surface area contributed by atoms with E-state index in [0.717, 1.165) is 53.6 Å². The lowest BCUT2D eigenvalue weighted by molar-refractivity contribution is 0.0992. The average molecular weight is 413 g/mol. The number of hydrogen-bond acceptors (Lipinski definition) is 5. The Hall–Kier alpha value is -3.54. The van der Waals surface area contributed by atoms with E-state index < -0.39 is 0 Å². The molecule has 0 unspecified atom stereocenters. The molecule has 4 heterocycles. The van der Waals surface area contributed by atoms with E-state index in [1.165, 1.54) is 6.42 Å². The number of rotatable bonds is 5. The monoisotopic (exact) mass is 412 g/mol. The molecule has 6 nitrogen and oxygen atoms in total. The van der Waals surface area contributed by atoms with Gasteiger partial charge in [-0.3, -0.25) is 14.5 Å². The van der Waals surface area contributed by atoms with Gasteiger partial charge >= 0.3 is 0 Å². The van der Waals surface area contributed by atoms with Gasteiger partial charge < -0.3 is 4.90 Å². The predicted octanol–water partition coefficient (Wildman–Crippen LogP) is 4.45. The van der Waals surface area contributed by atoms with Crippen LogP contribution in [0.4, 0.5) is 5.82 Å². The van der Waals surface area contributed by atoms with Crippen LogP contribution in [0.15, 0.2) is 61.2 Å². The van der Waals surface area contributed by atoms with Crippen LogP contribution in [0.3, 0.4) is 0 Å². The average Bonchev–Trinajstić information content (AvgIpc) is 3.26. The van der Waals surface area contributed by atoms with Crippen molar-refractivity contribution >= 4 is 22.4 Å². The number of nitrogens with zero attached hydrogens (tertiary/aromatic N) is 5. The van der Waals surface area contributed by atoms with Crippen molar-refractivity contribution in [1.82, 2.24) is 19.7 Å². The van der Waals surface area contributed by atoms with E-state index in [1.54, 1.807) is 16.9 Å². The fourth-order valence-corrected chi connectivity index (χ4v) is 4.12. The second-order valence-corrected chi connectivity index (χ2v) is 8.11. The van der Waals surface area contributed by atoms with Crippen LogP contribution in [0.2, 0.25) is 0 Å². The maximum atomic E-state index is 13.0. The van der Waals surface area contributed by atoms with Crippen molar-refractivity contribution < 1.29 is 6.17 Å². The molecule has 1 aliphatic heterocycles. The Kier molecular flexibility index (Phi) is 4.89. The number of carbonyl (C=O) groups excluding carboxylic acids is 1. The molecule has 0 N–H and O–H groups in total. The van der Waals surface area contributed by atoms with Crippen molar-refractivity contribution in [2.24, 2.45) is 7.05 Å². The number of benzene rings is 1. The fourth-order valence-electron chi connectivity index (χ4n) is 4.12. The number of hydrogen-bond donors (Lipinski definition) is 0. The standard InChI is InChI=1S/C25H25N5O/c1-29-17-22(16-28-29)18-5-6-20-15-27-23(12-21(20)11-18)14-24(31)19-7-8-26-25(13-19)30-9-3-2-4-10-30/h5-8,11-13,15-17H,2-4,9-10,14H2,1H3/i15D. The Morgan fingerprint density at radius 1 is 1.03 bits per heavy atom. The van der Waals surface area contributed by atoms with Gasteiger partial charge in [-0.25, -0.2) is 4.98 Å². The Morgan fingerprint density at radius 2 is 1.90 bits per heavy atom. The van der Waals surface area contributed by atoms with Crippen molar-refractivity contribution in [3.8, 4) is 11.1 Å². The molecule has 3 aromatic heterocycles. The first-order valence-electron chi connectivity index (χ1n) is 11.2. The molecular formula is C25H25N5O. The maximum Gasteiger partial charge on any atom is 0.169 e. The second kappa shape index (κ2) is 8.30. The zero-order valence-electron chi connectivity index (χ0n) is 18.6. The number of aromatic nitrogens is 4. The summed E-state index contributed by atoms with van der Waals surface area (Å²) >= 11 is 0. The van der Waals surface area contributed by atoms with Crippen molar-refractivity contribution in [3.63, 3.8) is 0 Å². The zero-order valence-corrected chi connectivity index (χ0v) is 17.6. The van der Waals surface area contributed by atoms with Gasteiger partial charge in [-0.15, -0.1) is 0 Å². The smallest absolute Gasteiger partial charge is 0.169 e.